The van der Waals surface area contributed by atoms with E-state index in [1.807, 2.05) is 43.3 Å². The first-order valence-electron chi connectivity index (χ1n) is 7.09. The van der Waals surface area contributed by atoms with E-state index >= 15 is 0 Å². The van der Waals surface area contributed by atoms with E-state index < -0.39 is 0 Å². The van der Waals surface area contributed by atoms with Crippen LogP contribution in [-0.4, -0.2) is 23.6 Å². The molecule has 5 heteroatoms. The Morgan fingerprint density at radius 3 is 2.81 bits per heavy atom. The number of nitrogens with one attached hydrogen (secondary N) is 1. The zero-order valence-corrected chi connectivity index (χ0v) is 13.5. The van der Waals surface area contributed by atoms with Crippen LogP contribution in [0.5, 0.6) is 0 Å². The molecule has 1 N–H and O–H groups in total. The van der Waals surface area contributed by atoms with Crippen LogP contribution in [0.1, 0.15) is 23.7 Å². The second-order valence-electron chi connectivity index (χ2n) is 5.05. The molecule has 0 amide bonds. The number of hydrogen-bond acceptors (Lipinski definition) is 4. The van der Waals surface area contributed by atoms with E-state index in [0.717, 1.165) is 47.4 Å². The summed E-state index contributed by atoms with van der Waals surface area (Å²) in [6.07, 6.45) is 1.90. The fourth-order valence-electron chi connectivity index (χ4n) is 2.08. The highest BCUT2D eigenvalue weighted by Crippen LogP contribution is 2.15. The van der Waals surface area contributed by atoms with Crippen molar-refractivity contribution in [3.8, 4) is 0 Å². The van der Waals surface area contributed by atoms with Crippen LogP contribution in [0.25, 0.3) is 0 Å². The van der Waals surface area contributed by atoms with Crippen LogP contribution in [0.15, 0.2) is 30.5 Å². The molecule has 4 nitrogen and oxygen atoms in total. The minimum Gasteiger partial charge on any atom is -0.340 e. The van der Waals surface area contributed by atoms with Crippen molar-refractivity contribution in [3.05, 3.63) is 52.3 Å². The van der Waals surface area contributed by atoms with Crippen molar-refractivity contribution in [2.45, 2.75) is 26.9 Å². The molecule has 0 radical (unpaired) electrons. The quantitative estimate of drug-likeness (QED) is 0.890. The normalized spacial score (nSPS) is 10.7. The van der Waals surface area contributed by atoms with Gasteiger partial charge in [0.1, 0.15) is 0 Å². The van der Waals surface area contributed by atoms with Crippen molar-refractivity contribution in [1.29, 1.82) is 0 Å². The molecular weight excluding hydrogens is 284 g/mol. The van der Waals surface area contributed by atoms with Crippen LogP contribution in [0.4, 0.5) is 5.95 Å². The van der Waals surface area contributed by atoms with Crippen molar-refractivity contribution in [2.24, 2.45) is 0 Å². The maximum atomic E-state index is 6.01. The number of rotatable bonds is 6. The molecule has 0 spiro atoms. The largest absolute Gasteiger partial charge is 0.340 e. The number of aromatic nitrogens is 2. The summed E-state index contributed by atoms with van der Waals surface area (Å²) in [5, 5.41) is 4.04. The third-order valence-corrected chi connectivity index (χ3v) is 3.52. The van der Waals surface area contributed by atoms with E-state index in [0.29, 0.717) is 0 Å². The first-order valence-corrected chi connectivity index (χ1v) is 7.46. The summed E-state index contributed by atoms with van der Waals surface area (Å²) in [6, 6.07) is 7.84. The van der Waals surface area contributed by atoms with Crippen LogP contribution in [0.2, 0.25) is 5.02 Å². The number of aryl methyl sites for hydroxylation is 1. The van der Waals surface area contributed by atoms with Gasteiger partial charge in [-0.15, -0.1) is 0 Å². The Kier molecular flexibility index (Phi) is 5.53. The molecule has 0 aliphatic carbocycles. The van der Waals surface area contributed by atoms with Gasteiger partial charge in [0.25, 0.3) is 0 Å². The molecule has 112 valence electrons. The highest BCUT2D eigenvalue weighted by molar-refractivity contribution is 6.30. The second-order valence-corrected chi connectivity index (χ2v) is 5.48. The molecule has 0 saturated heterocycles. The zero-order chi connectivity index (χ0) is 15.2. The van der Waals surface area contributed by atoms with Crippen LogP contribution in [0, 0.1) is 6.92 Å². The lowest BCUT2D eigenvalue weighted by Crippen LogP contribution is -2.20. The Hall–Kier alpha value is -1.65. The average molecular weight is 305 g/mol. The predicted molar refractivity (Wildman–Crippen MR) is 87.7 cm³/mol. The first-order chi connectivity index (χ1) is 10.1. The molecular formula is C16H21ClN4. The number of benzene rings is 1. The summed E-state index contributed by atoms with van der Waals surface area (Å²) >= 11 is 6.01. The fourth-order valence-corrected chi connectivity index (χ4v) is 2.29. The van der Waals surface area contributed by atoms with E-state index in [1.54, 1.807) is 0 Å². The Morgan fingerprint density at radius 1 is 1.33 bits per heavy atom. The molecule has 0 aliphatic heterocycles. The Morgan fingerprint density at radius 2 is 2.14 bits per heavy atom. The third kappa shape index (κ3) is 4.41. The molecule has 0 unspecified atom stereocenters. The van der Waals surface area contributed by atoms with Gasteiger partial charge in [0.15, 0.2) is 0 Å². The van der Waals surface area contributed by atoms with E-state index in [-0.39, 0.29) is 0 Å². The van der Waals surface area contributed by atoms with Gasteiger partial charge in [-0.2, -0.15) is 0 Å². The van der Waals surface area contributed by atoms with Crippen molar-refractivity contribution < 1.29 is 0 Å². The van der Waals surface area contributed by atoms with Gasteiger partial charge in [0.05, 0.1) is 0 Å². The fraction of sp³-hybridized carbons (Fsp3) is 0.375. The smallest absolute Gasteiger partial charge is 0.225 e. The minimum atomic E-state index is 0.729. The van der Waals surface area contributed by atoms with Gasteiger partial charge < -0.3 is 10.2 Å². The summed E-state index contributed by atoms with van der Waals surface area (Å²) in [4.78, 5) is 11.1. The highest BCUT2D eigenvalue weighted by atomic mass is 35.5. The van der Waals surface area contributed by atoms with Gasteiger partial charge in [-0.1, -0.05) is 30.7 Å². The van der Waals surface area contributed by atoms with Gasteiger partial charge in [-0.05, 0) is 31.2 Å². The van der Waals surface area contributed by atoms with Crippen LogP contribution in [-0.2, 0) is 13.1 Å². The van der Waals surface area contributed by atoms with Gasteiger partial charge in [0, 0.05) is 42.6 Å². The lowest BCUT2D eigenvalue weighted by molar-refractivity contribution is 0.713. The van der Waals surface area contributed by atoms with E-state index in [4.69, 9.17) is 11.6 Å². The molecule has 0 bridgehead atoms. The lowest BCUT2D eigenvalue weighted by Gasteiger charge is -2.18. The lowest BCUT2D eigenvalue weighted by atomic mass is 10.2. The minimum absolute atomic E-state index is 0.729. The maximum Gasteiger partial charge on any atom is 0.225 e. The SMILES string of the molecule is CCNCc1cnc(N(C)Cc2cccc(Cl)c2)nc1C. The second kappa shape index (κ2) is 7.38. The average Bonchev–Trinajstić information content (AvgIpc) is 2.46. The van der Waals surface area contributed by atoms with Crippen LogP contribution < -0.4 is 10.2 Å². The molecule has 0 aliphatic rings. The summed E-state index contributed by atoms with van der Waals surface area (Å²) in [7, 11) is 1.99. The number of hydrogen-bond donors (Lipinski definition) is 1. The third-order valence-electron chi connectivity index (χ3n) is 3.28. The molecule has 1 aromatic heterocycles. The van der Waals surface area contributed by atoms with E-state index in [2.05, 4.69) is 28.3 Å². The number of nitrogens with zero attached hydrogens (tertiary/aromatic N) is 3. The Labute approximate surface area is 131 Å². The van der Waals surface area contributed by atoms with Gasteiger partial charge in [-0.3, -0.25) is 0 Å². The van der Waals surface area contributed by atoms with Gasteiger partial charge in [-0.25, -0.2) is 9.97 Å². The first kappa shape index (κ1) is 15.7. The Balaban J connectivity index is 2.08. The molecule has 0 atom stereocenters. The van der Waals surface area contributed by atoms with Crippen molar-refractivity contribution in [1.82, 2.24) is 15.3 Å². The molecule has 0 fully saturated rings. The zero-order valence-electron chi connectivity index (χ0n) is 12.7. The maximum absolute atomic E-state index is 6.01. The van der Waals surface area contributed by atoms with Crippen LogP contribution >= 0.6 is 11.6 Å². The van der Waals surface area contributed by atoms with E-state index in [1.165, 1.54) is 0 Å². The topological polar surface area (TPSA) is 41.1 Å². The van der Waals surface area contributed by atoms with E-state index in [9.17, 15) is 0 Å². The van der Waals surface area contributed by atoms with Gasteiger partial charge in [0.2, 0.25) is 5.95 Å². The highest BCUT2D eigenvalue weighted by Gasteiger charge is 2.08. The molecule has 21 heavy (non-hydrogen) atoms. The number of anilines is 1. The molecule has 2 aromatic rings. The molecule has 1 heterocycles. The van der Waals surface area contributed by atoms with Crippen LogP contribution in [0.3, 0.4) is 0 Å². The molecule has 0 saturated carbocycles. The number of halogens is 1. The van der Waals surface area contributed by atoms with Crippen molar-refractivity contribution in [3.63, 3.8) is 0 Å². The summed E-state index contributed by atoms with van der Waals surface area (Å²) in [6.45, 7) is 6.58. The summed E-state index contributed by atoms with van der Waals surface area (Å²) in [5.41, 5.74) is 3.29. The molecule has 1 aromatic carbocycles. The van der Waals surface area contributed by atoms with Crippen molar-refractivity contribution in [2.75, 3.05) is 18.5 Å². The predicted octanol–water partition coefficient (Wildman–Crippen LogP) is 3.18. The molecule has 2 rings (SSSR count). The summed E-state index contributed by atoms with van der Waals surface area (Å²) < 4.78 is 0. The monoisotopic (exact) mass is 304 g/mol. The van der Waals surface area contributed by atoms with Gasteiger partial charge >= 0.3 is 0 Å². The standard InChI is InChI=1S/C16H21ClN4/c1-4-18-9-14-10-19-16(20-12(14)2)21(3)11-13-6-5-7-15(17)8-13/h5-8,10,18H,4,9,11H2,1-3H3. The Bertz CT molecular complexity index is 601. The summed E-state index contributed by atoms with van der Waals surface area (Å²) in [5.74, 6) is 0.729. The van der Waals surface area contributed by atoms with Crippen molar-refractivity contribution >= 4 is 17.5 Å².